The highest BCUT2D eigenvalue weighted by Gasteiger charge is 2.27. The summed E-state index contributed by atoms with van der Waals surface area (Å²) in [5.74, 6) is 0.311. The summed E-state index contributed by atoms with van der Waals surface area (Å²) < 4.78 is 5.89. The second-order valence-corrected chi connectivity index (χ2v) is 8.34. The van der Waals surface area contributed by atoms with Crippen molar-refractivity contribution in [2.75, 3.05) is 6.61 Å². The molecule has 0 aliphatic carbocycles. The number of nitrogens with zero attached hydrogens (tertiary/aromatic N) is 1. The van der Waals surface area contributed by atoms with Crippen molar-refractivity contribution in [1.29, 1.82) is 0 Å². The molecular formula is C25H34N2O3. The molecule has 0 aromatic heterocycles. The Balaban J connectivity index is 2.22. The van der Waals surface area contributed by atoms with Crippen molar-refractivity contribution < 1.29 is 14.3 Å². The predicted octanol–water partition coefficient (Wildman–Crippen LogP) is 4.24. The molecule has 1 atom stereocenters. The van der Waals surface area contributed by atoms with Gasteiger partial charge in [0, 0.05) is 12.6 Å². The number of carbonyl (C=O) groups excluding carboxylic acids is 2. The maximum atomic E-state index is 13.1. The molecule has 0 unspecified atom stereocenters. The number of carbonyl (C=O) groups is 2. The number of amides is 2. The molecule has 0 aliphatic heterocycles. The molecule has 30 heavy (non-hydrogen) atoms. The Hall–Kier alpha value is -2.82. The lowest BCUT2D eigenvalue weighted by Gasteiger charge is -2.29. The SMILES string of the molecule is Cc1cccc(CN(C(=O)COc2cc(C)cc(C)c2C)[C@@H](C)C(=O)NC(C)C)c1. The summed E-state index contributed by atoms with van der Waals surface area (Å²) in [5.41, 5.74) is 5.32. The number of ether oxygens (including phenoxy) is 1. The van der Waals surface area contributed by atoms with Gasteiger partial charge in [-0.15, -0.1) is 0 Å². The van der Waals surface area contributed by atoms with Gasteiger partial charge < -0.3 is 15.0 Å². The zero-order valence-electron chi connectivity index (χ0n) is 19.2. The molecule has 5 heteroatoms. The number of rotatable bonds is 8. The van der Waals surface area contributed by atoms with Gasteiger partial charge in [0.1, 0.15) is 11.8 Å². The van der Waals surface area contributed by atoms with E-state index < -0.39 is 6.04 Å². The fourth-order valence-electron chi connectivity index (χ4n) is 3.37. The molecule has 2 aromatic carbocycles. The first kappa shape index (κ1) is 23.5. The van der Waals surface area contributed by atoms with Crippen LogP contribution in [0.15, 0.2) is 36.4 Å². The molecule has 2 rings (SSSR count). The monoisotopic (exact) mass is 410 g/mol. The van der Waals surface area contributed by atoms with E-state index in [9.17, 15) is 9.59 Å². The topological polar surface area (TPSA) is 58.6 Å². The third kappa shape index (κ3) is 6.34. The van der Waals surface area contributed by atoms with Gasteiger partial charge >= 0.3 is 0 Å². The van der Waals surface area contributed by atoms with Crippen LogP contribution in [0.4, 0.5) is 0 Å². The highest BCUT2D eigenvalue weighted by molar-refractivity contribution is 5.88. The summed E-state index contributed by atoms with van der Waals surface area (Å²) in [4.78, 5) is 27.4. The molecular weight excluding hydrogens is 376 g/mol. The molecule has 0 bridgehead atoms. The predicted molar refractivity (Wildman–Crippen MR) is 121 cm³/mol. The van der Waals surface area contributed by atoms with Crippen molar-refractivity contribution in [2.24, 2.45) is 0 Å². The Labute approximate surface area is 180 Å². The molecule has 0 saturated heterocycles. The number of hydrogen-bond acceptors (Lipinski definition) is 3. The summed E-state index contributed by atoms with van der Waals surface area (Å²) >= 11 is 0. The van der Waals surface area contributed by atoms with Crippen LogP contribution in [0.25, 0.3) is 0 Å². The van der Waals surface area contributed by atoms with Crippen LogP contribution in [0.5, 0.6) is 5.75 Å². The van der Waals surface area contributed by atoms with Crippen molar-refractivity contribution >= 4 is 11.8 Å². The average molecular weight is 411 g/mol. The van der Waals surface area contributed by atoms with Gasteiger partial charge in [0.15, 0.2) is 6.61 Å². The number of benzene rings is 2. The quantitative estimate of drug-likeness (QED) is 0.708. The average Bonchev–Trinajstić information content (AvgIpc) is 2.66. The Bertz CT molecular complexity index is 905. The molecule has 1 N–H and O–H groups in total. The van der Waals surface area contributed by atoms with Crippen LogP contribution in [-0.2, 0) is 16.1 Å². The maximum Gasteiger partial charge on any atom is 0.261 e. The van der Waals surface area contributed by atoms with E-state index in [0.29, 0.717) is 12.3 Å². The summed E-state index contributed by atoms with van der Waals surface area (Å²) in [6.45, 7) is 13.8. The Kier molecular flexibility index (Phi) is 8.04. The van der Waals surface area contributed by atoms with Gasteiger partial charge in [0.05, 0.1) is 0 Å². The van der Waals surface area contributed by atoms with Crippen LogP contribution in [0.2, 0.25) is 0 Å². The van der Waals surface area contributed by atoms with Gasteiger partial charge in [-0.05, 0) is 76.8 Å². The van der Waals surface area contributed by atoms with Crippen molar-refractivity contribution in [3.05, 3.63) is 64.2 Å². The summed E-state index contributed by atoms with van der Waals surface area (Å²) in [7, 11) is 0. The third-order valence-electron chi connectivity index (χ3n) is 5.15. The van der Waals surface area contributed by atoms with Crippen LogP contribution >= 0.6 is 0 Å². The fraction of sp³-hybridized carbons (Fsp3) is 0.440. The van der Waals surface area contributed by atoms with Crippen molar-refractivity contribution in [3.63, 3.8) is 0 Å². The molecule has 0 spiro atoms. The van der Waals surface area contributed by atoms with Crippen LogP contribution in [0, 0.1) is 27.7 Å². The maximum absolute atomic E-state index is 13.1. The lowest BCUT2D eigenvalue weighted by Crippen LogP contribution is -2.50. The van der Waals surface area contributed by atoms with Gasteiger partial charge in [-0.1, -0.05) is 35.9 Å². The highest BCUT2D eigenvalue weighted by atomic mass is 16.5. The molecule has 2 aromatic rings. The van der Waals surface area contributed by atoms with Gasteiger partial charge in [-0.2, -0.15) is 0 Å². The first-order valence-corrected chi connectivity index (χ1v) is 10.4. The normalized spacial score (nSPS) is 11.9. The Morgan fingerprint density at radius 3 is 2.33 bits per heavy atom. The standard InChI is InChI=1S/C25H34N2O3/c1-16(2)26-25(29)21(7)27(14-22-10-8-9-17(3)12-22)24(28)15-30-23-13-18(4)11-19(5)20(23)6/h8-13,16,21H,14-15H2,1-7H3,(H,26,29)/t21-/m0/s1. The van der Waals surface area contributed by atoms with E-state index in [-0.39, 0.29) is 24.5 Å². The molecule has 2 amide bonds. The van der Waals surface area contributed by atoms with E-state index in [2.05, 4.69) is 11.4 Å². The second-order valence-electron chi connectivity index (χ2n) is 8.34. The van der Waals surface area contributed by atoms with E-state index in [1.807, 2.05) is 71.9 Å². The number of aryl methyl sites for hydroxylation is 3. The molecule has 162 valence electrons. The first-order valence-electron chi connectivity index (χ1n) is 10.4. The lowest BCUT2D eigenvalue weighted by molar-refractivity contribution is -0.142. The largest absolute Gasteiger partial charge is 0.483 e. The van der Waals surface area contributed by atoms with E-state index in [0.717, 1.165) is 27.8 Å². The van der Waals surface area contributed by atoms with Crippen molar-refractivity contribution in [1.82, 2.24) is 10.2 Å². The van der Waals surface area contributed by atoms with Crippen molar-refractivity contribution in [3.8, 4) is 5.75 Å². The zero-order chi connectivity index (χ0) is 22.4. The van der Waals surface area contributed by atoms with Crippen molar-refractivity contribution in [2.45, 2.75) is 67.1 Å². The van der Waals surface area contributed by atoms with Crippen LogP contribution in [-0.4, -0.2) is 35.4 Å². The zero-order valence-corrected chi connectivity index (χ0v) is 19.2. The first-order chi connectivity index (χ1) is 14.1. The summed E-state index contributed by atoms with van der Waals surface area (Å²) in [6, 6.07) is 11.4. The molecule has 0 heterocycles. The smallest absolute Gasteiger partial charge is 0.261 e. The third-order valence-corrected chi connectivity index (χ3v) is 5.15. The summed E-state index contributed by atoms with van der Waals surface area (Å²) in [5, 5.41) is 2.90. The molecule has 0 aliphatic rings. The second kappa shape index (κ2) is 10.3. The van der Waals surface area contributed by atoms with E-state index in [4.69, 9.17) is 4.74 Å². The minimum Gasteiger partial charge on any atom is -0.483 e. The molecule has 0 fully saturated rings. The van der Waals surface area contributed by atoms with E-state index in [1.165, 1.54) is 0 Å². The molecule has 0 saturated carbocycles. The Morgan fingerprint density at radius 1 is 1.00 bits per heavy atom. The van der Waals surface area contributed by atoms with E-state index in [1.54, 1.807) is 11.8 Å². The van der Waals surface area contributed by atoms with Gasteiger partial charge in [0.2, 0.25) is 5.91 Å². The Morgan fingerprint density at radius 2 is 1.70 bits per heavy atom. The minimum atomic E-state index is -0.607. The molecule has 0 radical (unpaired) electrons. The number of hydrogen-bond donors (Lipinski definition) is 1. The molecule has 5 nitrogen and oxygen atoms in total. The van der Waals surface area contributed by atoms with Crippen LogP contribution in [0.3, 0.4) is 0 Å². The lowest BCUT2D eigenvalue weighted by atomic mass is 10.1. The fourth-order valence-corrected chi connectivity index (χ4v) is 3.37. The van der Waals surface area contributed by atoms with Crippen LogP contribution < -0.4 is 10.1 Å². The van der Waals surface area contributed by atoms with Crippen LogP contribution in [0.1, 0.15) is 48.6 Å². The van der Waals surface area contributed by atoms with Gasteiger partial charge in [0.25, 0.3) is 5.91 Å². The van der Waals surface area contributed by atoms with Gasteiger partial charge in [-0.25, -0.2) is 0 Å². The van der Waals surface area contributed by atoms with Gasteiger partial charge in [-0.3, -0.25) is 9.59 Å². The minimum absolute atomic E-state index is 0.00467. The van der Waals surface area contributed by atoms with E-state index >= 15 is 0 Å². The highest BCUT2D eigenvalue weighted by Crippen LogP contribution is 2.23. The summed E-state index contributed by atoms with van der Waals surface area (Å²) in [6.07, 6.45) is 0. The number of nitrogens with one attached hydrogen (secondary N) is 1.